The average Bonchev–Trinajstić information content (AvgIpc) is 2.42. The van der Waals surface area contributed by atoms with Crippen molar-refractivity contribution < 1.29 is 4.39 Å². The molecular weight excluding hydrogens is 227 g/mol. The molecule has 0 amide bonds. The molecule has 2 nitrogen and oxygen atoms in total. The third-order valence-electron chi connectivity index (χ3n) is 3.78. The minimum Gasteiger partial charge on any atom is -0.372 e. The van der Waals surface area contributed by atoms with Gasteiger partial charge in [-0.25, -0.2) is 4.39 Å². The molecule has 0 radical (unpaired) electrons. The van der Waals surface area contributed by atoms with Gasteiger partial charge in [0.25, 0.3) is 0 Å². The van der Waals surface area contributed by atoms with E-state index in [1.807, 2.05) is 12.1 Å². The van der Waals surface area contributed by atoms with Crippen LogP contribution in [0.5, 0.6) is 0 Å². The second kappa shape index (κ2) is 6.74. The normalized spacial score (nSPS) is 19.8. The minimum absolute atomic E-state index is 0.161. The molecule has 0 aliphatic carbocycles. The highest BCUT2D eigenvalue weighted by Gasteiger charge is 2.14. The smallest absolute Gasteiger partial charge is 0.123 e. The van der Waals surface area contributed by atoms with Crippen LogP contribution in [0.25, 0.3) is 0 Å². The van der Waals surface area contributed by atoms with Gasteiger partial charge in [0.1, 0.15) is 5.82 Å². The van der Waals surface area contributed by atoms with Crippen LogP contribution in [0.1, 0.15) is 26.2 Å². The number of anilines is 1. The van der Waals surface area contributed by atoms with E-state index in [9.17, 15) is 4.39 Å². The van der Waals surface area contributed by atoms with Crippen LogP contribution in [0.15, 0.2) is 24.3 Å². The third kappa shape index (κ3) is 3.70. The van der Waals surface area contributed by atoms with Gasteiger partial charge in [-0.05, 0) is 69.5 Å². The zero-order valence-electron chi connectivity index (χ0n) is 11.2. The Balaban J connectivity index is 1.86. The van der Waals surface area contributed by atoms with E-state index in [0.717, 1.165) is 31.2 Å². The van der Waals surface area contributed by atoms with Crippen LogP contribution in [0.2, 0.25) is 0 Å². The highest BCUT2D eigenvalue weighted by Crippen LogP contribution is 2.19. The molecule has 2 rings (SSSR count). The van der Waals surface area contributed by atoms with Crippen molar-refractivity contribution in [2.24, 2.45) is 5.92 Å². The molecule has 1 N–H and O–H groups in total. The summed E-state index contributed by atoms with van der Waals surface area (Å²) in [4.78, 5) is 2.33. The van der Waals surface area contributed by atoms with Gasteiger partial charge in [-0.1, -0.05) is 0 Å². The van der Waals surface area contributed by atoms with Crippen molar-refractivity contribution in [1.82, 2.24) is 5.32 Å². The van der Waals surface area contributed by atoms with E-state index in [0.29, 0.717) is 0 Å². The first-order valence-corrected chi connectivity index (χ1v) is 7.01. The molecule has 1 aromatic rings. The molecule has 0 spiro atoms. The lowest BCUT2D eigenvalue weighted by Gasteiger charge is -2.28. The van der Waals surface area contributed by atoms with Crippen LogP contribution >= 0.6 is 0 Å². The molecule has 1 aliphatic heterocycles. The van der Waals surface area contributed by atoms with Crippen molar-refractivity contribution in [3.8, 4) is 0 Å². The maximum Gasteiger partial charge on any atom is 0.123 e. The van der Waals surface area contributed by atoms with Gasteiger partial charge in [-0.15, -0.1) is 0 Å². The summed E-state index contributed by atoms with van der Waals surface area (Å²) in [6.45, 7) is 6.52. The zero-order chi connectivity index (χ0) is 12.8. The molecule has 1 unspecified atom stereocenters. The van der Waals surface area contributed by atoms with E-state index in [2.05, 4.69) is 17.1 Å². The molecule has 1 atom stereocenters. The Hall–Kier alpha value is -1.09. The lowest BCUT2D eigenvalue weighted by molar-refractivity contribution is 0.359. The molecule has 100 valence electrons. The van der Waals surface area contributed by atoms with E-state index < -0.39 is 0 Å². The molecule has 1 fully saturated rings. The number of rotatable bonds is 5. The Morgan fingerprint density at radius 3 is 2.72 bits per heavy atom. The van der Waals surface area contributed by atoms with Gasteiger partial charge in [0.05, 0.1) is 0 Å². The lowest BCUT2D eigenvalue weighted by Crippen LogP contribution is -2.33. The summed E-state index contributed by atoms with van der Waals surface area (Å²) in [5.74, 6) is 0.638. The van der Waals surface area contributed by atoms with Gasteiger partial charge >= 0.3 is 0 Å². The van der Waals surface area contributed by atoms with Gasteiger partial charge in [-0.2, -0.15) is 0 Å². The molecule has 1 saturated heterocycles. The van der Waals surface area contributed by atoms with Crippen molar-refractivity contribution in [2.75, 3.05) is 31.1 Å². The third-order valence-corrected chi connectivity index (χ3v) is 3.78. The van der Waals surface area contributed by atoms with Crippen LogP contribution in [-0.2, 0) is 0 Å². The molecule has 18 heavy (non-hydrogen) atoms. The van der Waals surface area contributed by atoms with Crippen LogP contribution in [0.3, 0.4) is 0 Å². The molecular formula is C15H23FN2. The predicted octanol–water partition coefficient (Wildman–Crippen LogP) is 3.04. The van der Waals surface area contributed by atoms with E-state index in [1.54, 1.807) is 12.1 Å². The number of halogens is 1. The minimum atomic E-state index is -0.161. The number of benzene rings is 1. The molecule has 0 aromatic heterocycles. The van der Waals surface area contributed by atoms with Crippen LogP contribution in [-0.4, -0.2) is 26.2 Å². The number of hydrogen-bond acceptors (Lipinski definition) is 2. The van der Waals surface area contributed by atoms with E-state index in [-0.39, 0.29) is 5.82 Å². The number of nitrogens with one attached hydrogen (secondary N) is 1. The van der Waals surface area contributed by atoms with Crippen molar-refractivity contribution in [3.63, 3.8) is 0 Å². The summed E-state index contributed by atoms with van der Waals surface area (Å²) in [5.41, 5.74) is 1.13. The Morgan fingerprint density at radius 2 is 2.11 bits per heavy atom. The van der Waals surface area contributed by atoms with Gasteiger partial charge in [0.15, 0.2) is 0 Å². The highest BCUT2D eigenvalue weighted by molar-refractivity contribution is 5.45. The Morgan fingerprint density at radius 1 is 1.33 bits per heavy atom. The average molecular weight is 250 g/mol. The zero-order valence-corrected chi connectivity index (χ0v) is 11.2. The predicted molar refractivity (Wildman–Crippen MR) is 74.5 cm³/mol. The number of hydrogen-bond donors (Lipinski definition) is 1. The molecule has 1 aliphatic rings. The first-order valence-electron chi connectivity index (χ1n) is 7.01. The molecule has 1 heterocycles. The summed E-state index contributed by atoms with van der Waals surface area (Å²) < 4.78 is 12.9. The van der Waals surface area contributed by atoms with Gasteiger partial charge < -0.3 is 10.2 Å². The second-order valence-corrected chi connectivity index (χ2v) is 5.06. The molecule has 3 heteroatoms. The van der Waals surface area contributed by atoms with Crippen molar-refractivity contribution >= 4 is 5.69 Å². The summed E-state index contributed by atoms with van der Waals surface area (Å²) in [6, 6.07) is 6.83. The molecule has 0 saturated carbocycles. The topological polar surface area (TPSA) is 15.3 Å². The first-order chi connectivity index (χ1) is 8.79. The molecule has 1 aromatic carbocycles. The fraction of sp³-hybridized carbons (Fsp3) is 0.600. The van der Waals surface area contributed by atoms with Gasteiger partial charge in [-0.3, -0.25) is 0 Å². The van der Waals surface area contributed by atoms with E-state index in [1.165, 1.54) is 25.8 Å². The van der Waals surface area contributed by atoms with E-state index >= 15 is 0 Å². The van der Waals surface area contributed by atoms with Crippen LogP contribution < -0.4 is 10.2 Å². The lowest BCUT2D eigenvalue weighted by atomic mass is 9.96. The fourth-order valence-corrected chi connectivity index (χ4v) is 2.63. The van der Waals surface area contributed by atoms with E-state index in [4.69, 9.17) is 0 Å². The number of piperidine rings is 1. The number of nitrogens with zero attached hydrogens (tertiary/aromatic N) is 1. The van der Waals surface area contributed by atoms with Crippen LogP contribution in [0, 0.1) is 11.7 Å². The van der Waals surface area contributed by atoms with Gasteiger partial charge in [0, 0.05) is 18.8 Å². The fourth-order valence-electron chi connectivity index (χ4n) is 2.63. The summed E-state index contributed by atoms with van der Waals surface area (Å²) in [6.07, 6.45) is 3.86. The SMILES string of the molecule is CCN(CCC1CCCNC1)c1ccc(F)cc1. The van der Waals surface area contributed by atoms with Crippen molar-refractivity contribution in [3.05, 3.63) is 30.1 Å². The maximum absolute atomic E-state index is 12.9. The molecule has 0 bridgehead atoms. The second-order valence-electron chi connectivity index (χ2n) is 5.06. The highest BCUT2D eigenvalue weighted by atomic mass is 19.1. The Bertz CT molecular complexity index is 344. The Kier molecular flexibility index (Phi) is 5.00. The summed E-state index contributed by atoms with van der Waals surface area (Å²) in [5, 5.41) is 3.46. The largest absolute Gasteiger partial charge is 0.372 e. The monoisotopic (exact) mass is 250 g/mol. The standard InChI is InChI=1S/C15H23FN2/c1-2-18(15-7-5-14(16)6-8-15)11-9-13-4-3-10-17-12-13/h5-8,13,17H,2-4,9-12H2,1H3. The Labute approximate surface area is 109 Å². The van der Waals surface area contributed by atoms with Crippen molar-refractivity contribution in [2.45, 2.75) is 26.2 Å². The maximum atomic E-state index is 12.9. The first kappa shape index (κ1) is 13.3. The quantitative estimate of drug-likeness (QED) is 0.864. The van der Waals surface area contributed by atoms with Crippen LogP contribution in [0.4, 0.5) is 10.1 Å². The summed E-state index contributed by atoms with van der Waals surface area (Å²) in [7, 11) is 0. The van der Waals surface area contributed by atoms with Crippen molar-refractivity contribution in [1.29, 1.82) is 0 Å². The summed E-state index contributed by atoms with van der Waals surface area (Å²) >= 11 is 0. The van der Waals surface area contributed by atoms with Gasteiger partial charge in [0.2, 0.25) is 0 Å².